The number of hydrogen-bond donors (Lipinski definition) is 2. The first-order valence-electron chi connectivity index (χ1n) is 15.8. The van der Waals surface area contributed by atoms with E-state index < -0.39 is 70.9 Å². The molecule has 2 N–H and O–H groups in total. The molecule has 5 rings (SSSR count). The van der Waals surface area contributed by atoms with E-state index >= 15 is 0 Å². The Hall–Kier alpha value is -2.57. The molecule has 2 bridgehead atoms. The van der Waals surface area contributed by atoms with Gasteiger partial charge >= 0.3 is 17.9 Å². The molecule has 2 spiro atoms. The number of carbonyl (C=O) groups is 3. The Morgan fingerprint density at radius 3 is 2.64 bits per heavy atom. The van der Waals surface area contributed by atoms with E-state index in [-0.39, 0.29) is 38.1 Å². The number of ether oxygens (including phenoxy) is 6. The maximum absolute atomic E-state index is 13.3. The van der Waals surface area contributed by atoms with Crippen molar-refractivity contribution in [2.45, 2.75) is 115 Å². The number of aliphatic hydroxyl groups is 2. The summed E-state index contributed by atoms with van der Waals surface area (Å²) in [4.78, 5) is 39.2. The van der Waals surface area contributed by atoms with Gasteiger partial charge in [0, 0.05) is 31.9 Å². The average molecular weight is 619 g/mol. The van der Waals surface area contributed by atoms with Crippen molar-refractivity contribution in [3.05, 3.63) is 36.0 Å². The molecule has 44 heavy (non-hydrogen) atoms. The van der Waals surface area contributed by atoms with E-state index in [1.54, 1.807) is 26.0 Å². The molecule has 0 radical (unpaired) electrons. The van der Waals surface area contributed by atoms with Gasteiger partial charge in [-0.2, -0.15) is 0 Å². The van der Waals surface area contributed by atoms with Crippen LogP contribution in [0.4, 0.5) is 0 Å². The van der Waals surface area contributed by atoms with Gasteiger partial charge in [0.1, 0.15) is 30.5 Å². The minimum atomic E-state index is -1.43. The molecule has 3 heterocycles. The summed E-state index contributed by atoms with van der Waals surface area (Å²) >= 11 is 0. The second-order valence-electron chi connectivity index (χ2n) is 13.2. The van der Waals surface area contributed by atoms with Crippen molar-refractivity contribution < 1.29 is 53.0 Å². The van der Waals surface area contributed by atoms with Crippen LogP contribution >= 0.6 is 0 Å². The minimum absolute atomic E-state index is 0.173. The van der Waals surface area contributed by atoms with Crippen molar-refractivity contribution in [1.82, 2.24) is 0 Å². The highest BCUT2D eigenvalue weighted by Gasteiger charge is 2.83. The van der Waals surface area contributed by atoms with Crippen LogP contribution in [0.25, 0.3) is 0 Å². The zero-order valence-electron chi connectivity index (χ0n) is 26.2. The van der Waals surface area contributed by atoms with Crippen molar-refractivity contribution in [3.63, 3.8) is 0 Å². The van der Waals surface area contributed by atoms with Crippen LogP contribution in [-0.4, -0.2) is 96.3 Å². The predicted octanol–water partition coefficient (Wildman–Crippen LogP) is 2.72. The van der Waals surface area contributed by atoms with E-state index in [2.05, 4.69) is 0 Å². The van der Waals surface area contributed by atoms with Crippen LogP contribution in [0, 0.1) is 16.7 Å². The average Bonchev–Trinajstić information content (AvgIpc) is 3.75. The number of carbonyl (C=O) groups excluding carboxylic acids is 3. The van der Waals surface area contributed by atoms with Crippen molar-refractivity contribution in [2.75, 3.05) is 19.8 Å². The Bertz CT molecular complexity index is 1200. The Kier molecular flexibility index (Phi) is 9.45. The molecule has 1 unspecified atom stereocenters. The second-order valence-corrected chi connectivity index (χ2v) is 13.2. The summed E-state index contributed by atoms with van der Waals surface area (Å²) in [6.07, 6.45) is 4.81. The molecule has 3 fully saturated rings. The highest BCUT2D eigenvalue weighted by Crippen LogP contribution is 2.72. The molecule has 0 aromatic carbocycles. The van der Waals surface area contributed by atoms with Crippen LogP contribution < -0.4 is 0 Å². The van der Waals surface area contributed by atoms with Gasteiger partial charge in [0.2, 0.25) is 0 Å². The van der Waals surface area contributed by atoms with Gasteiger partial charge in [0.15, 0.2) is 6.10 Å². The maximum Gasteiger partial charge on any atom is 0.335 e. The quantitative estimate of drug-likeness (QED) is 0.207. The summed E-state index contributed by atoms with van der Waals surface area (Å²) in [5, 5.41) is 21.1. The molecular weight excluding hydrogens is 572 g/mol. The molecule has 0 amide bonds. The first-order valence-corrected chi connectivity index (χ1v) is 15.8. The van der Waals surface area contributed by atoms with Crippen molar-refractivity contribution in [1.29, 1.82) is 0 Å². The van der Waals surface area contributed by atoms with Crippen LogP contribution in [0.1, 0.15) is 66.7 Å². The summed E-state index contributed by atoms with van der Waals surface area (Å²) in [5.74, 6) is -2.19. The van der Waals surface area contributed by atoms with E-state index in [4.69, 9.17) is 28.4 Å². The van der Waals surface area contributed by atoms with E-state index in [0.717, 1.165) is 5.57 Å². The SMILES string of the molecule is CCCC(=O)O[C@H]1C[C@@]23COC(=O)[C@@H](O)[C@H](C)CCO[C@@H]([C@H](C)O)/C=C/C=C\C(=O)O[C@@H]4C[C@@H](O[C@@H]2C=C1C)C1(CO1)[C@]43C. The molecule has 11 atom stereocenters. The number of epoxide rings is 1. The third kappa shape index (κ3) is 5.66. The standard InChI is InChI=1S/C33H46O11/c1-6-9-27(35)42-23-16-32-17-40-30(38)29(37)19(2)12-13-39-22(21(4)34)10-7-8-11-28(36)44-24-15-26(43-25(32)14-20(23)3)33(18-41-33)31(24,32)5/h7-8,10-11,14,19,21-26,29,34,37H,6,9,12-13,15-18H2,1-5H3/b10-7+,11-8-/t19-,21+,22-,23+,24-,25-,26-,29+,31-,32-,33?/m1/s1. The topological polar surface area (TPSA) is 150 Å². The number of rotatable bonds is 4. The molecule has 2 saturated heterocycles. The number of allylic oxidation sites excluding steroid dienone is 2. The summed E-state index contributed by atoms with van der Waals surface area (Å²) in [7, 11) is 0. The van der Waals surface area contributed by atoms with E-state index in [9.17, 15) is 24.6 Å². The molecule has 244 valence electrons. The number of aliphatic hydroxyl groups excluding tert-OH is 2. The van der Waals surface area contributed by atoms with Gasteiger partial charge in [0.25, 0.3) is 0 Å². The third-order valence-electron chi connectivity index (χ3n) is 10.5. The predicted molar refractivity (Wildman–Crippen MR) is 156 cm³/mol. The van der Waals surface area contributed by atoms with Crippen molar-refractivity contribution in [3.8, 4) is 0 Å². The number of hydrogen-bond acceptors (Lipinski definition) is 11. The monoisotopic (exact) mass is 618 g/mol. The molecule has 11 nitrogen and oxygen atoms in total. The van der Waals surface area contributed by atoms with Crippen LogP contribution in [-0.2, 0) is 42.8 Å². The molecule has 3 aliphatic heterocycles. The normalized spacial score (nSPS) is 44.6. The van der Waals surface area contributed by atoms with Gasteiger partial charge in [-0.05, 0) is 38.2 Å². The first kappa shape index (κ1) is 32.8. The summed E-state index contributed by atoms with van der Waals surface area (Å²) in [5.41, 5.74) is -1.86. The van der Waals surface area contributed by atoms with Gasteiger partial charge in [-0.3, -0.25) is 4.79 Å². The third-order valence-corrected chi connectivity index (χ3v) is 10.5. The van der Waals surface area contributed by atoms with E-state index in [0.29, 0.717) is 25.9 Å². The van der Waals surface area contributed by atoms with E-state index in [1.807, 2.05) is 26.8 Å². The molecular formula is C33H46O11. The fourth-order valence-electron chi connectivity index (χ4n) is 7.59. The maximum atomic E-state index is 13.3. The Morgan fingerprint density at radius 1 is 1.20 bits per heavy atom. The number of esters is 3. The van der Waals surface area contributed by atoms with Crippen LogP contribution in [0.2, 0.25) is 0 Å². The van der Waals surface area contributed by atoms with Crippen LogP contribution in [0.5, 0.6) is 0 Å². The lowest BCUT2D eigenvalue weighted by molar-refractivity contribution is -0.242. The molecule has 0 aromatic heterocycles. The van der Waals surface area contributed by atoms with Gasteiger partial charge in [0.05, 0.1) is 35.7 Å². The van der Waals surface area contributed by atoms with Crippen molar-refractivity contribution in [2.24, 2.45) is 16.7 Å². The highest BCUT2D eigenvalue weighted by atomic mass is 16.6. The molecule has 0 aromatic rings. The lowest BCUT2D eigenvalue weighted by Gasteiger charge is -2.59. The fraction of sp³-hybridized carbons (Fsp3) is 0.727. The molecule has 1 saturated carbocycles. The van der Waals surface area contributed by atoms with E-state index in [1.165, 1.54) is 12.2 Å². The fourth-order valence-corrected chi connectivity index (χ4v) is 7.59. The lowest BCUT2D eigenvalue weighted by atomic mass is 9.51. The summed E-state index contributed by atoms with van der Waals surface area (Å²) in [6.45, 7) is 9.49. The zero-order chi connectivity index (χ0) is 31.9. The Labute approximate surface area is 258 Å². The minimum Gasteiger partial charge on any atom is -0.463 e. The summed E-state index contributed by atoms with van der Waals surface area (Å²) in [6, 6.07) is 0. The van der Waals surface area contributed by atoms with Gasteiger partial charge in [-0.1, -0.05) is 45.1 Å². The first-order chi connectivity index (χ1) is 20.9. The van der Waals surface area contributed by atoms with Crippen LogP contribution in [0.3, 0.4) is 0 Å². The van der Waals surface area contributed by atoms with Gasteiger partial charge in [-0.15, -0.1) is 0 Å². The number of cyclic esters (lactones) is 1. The smallest absolute Gasteiger partial charge is 0.335 e. The van der Waals surface area contributed by atoms with Crippen LogP contribution in [0.15, 0.2) is 36.0 Å². The van der Waals surface area contributed by atoms with Gasteiger partial charge < -0.3 is 38.6 Å². The second kappa shape index (κ2) is 12.7. The molecule has 2 aliphatic carbocycles. The van der Waals surface area contributed by atoms with Crippen molar-refractivity contribution >= 4 is 17.9 Å². The Balaban J connectivity index is 1.54. The summed E-state index contributed by atoms with van der Waals surface area (Å²) < 4.78 is 36.6. The largest absolute Gasteiger partial charge is 0.463 e. The highest BCUT2D eigenvalue weighted by molar-refractivity contribution is 5.82. The Morgan fingerprint density at radius 2 is 1.95 bits per heavy atom. The molecule has 11 heteroatoms. The zero-order valence-corrected chi connectivity index (χ0v) is 26.2. The molecule has 5 aliphatic rings. The lowest BCUT2D eigenvalue weighted by Crippen LogP contribution is -2.68. The van der Waals surface area contributed by atoms with Gasteiger partial charge in [-0.25, -0.2) is 9.59 Å².